The molecule has 1 atom stereocenters. The molecule has 3 heteroatoms. The highest BCUT2D eigenvalue weighted by Gasteiger charge is 2.10. The Morgan fingerprint density at radius 2 is 1.71 bits per heavy atom. The molecule has 0 bridgehead atoms. The van der Waals surface area contributed by atoms with Gasteiger partial charge in [-0.25, -0.2) is 4.39 Å². The number of hydrogen-bond donors (Lipinski definition) is 1. The summed E-state index contributed by atoms with van der Waals surface area (Å²) in [5.41, 5.74) is 2.89. The second-order valence-electron chi connectivity index (χ2n) is 5.81. The van der Waals surface area contributed by atoms with Crippen molar-refractivity contribution in [3.05, 3.63) is 64.4 Å². The molecule has 0 aliphatic heterocycles. The summed E-state index contributed by atoms with van der Waals surface area (Å²) in [7, 11) is 0. The molecule has 1 N–H and O–H groups in total. The van der Waals surface area contributed by atoms with Crippen molar-refractivity contribution < 1.29 is 4.39 Å². The van der Waals surface area contributed by atoms with Crippen LogP contribution in [0.15, 0.2) is 42.5 Å². The highest BCUT2D eigenvalue weighted by atomic mass is 35.5. The molecule has 0 aliphatic rings. The number of rotatable bonds is 5. The third kappa shape index (κ3) is 4.21. The Labute approximate surface area is 131 Å². The lowest BCUT2D eigenvalue weighted by Gasteiger charge is -2.17. The standard InChI is InChI=1S/C18H21ClFN/c1-12(2)11-14-7-9-15(10-8-14)13(3)21-17-6-4-5-16(19)18(17)20/h4-10,12-13,21H,11H2,1-3H3. The molecule has 0 saturated heterocycles. The highest BCUT2D eigenvalue weighted by molar-refractivity contribution is 6.31. The topological polar surface area (TPSA) is 12.0 Å². The van der Waals surface area contributed by atoms with Gasteiger partial charge in [-0.05, 0) is 42.5 Å². The first-order valence-corrected chi connectivity index (χ1v) is 7.64. The maximum atomic E-state index is 13.9. The van der Waals surface area contributed by atoms with Gasteiger partial charge in [0.1, 0.15) is 0 Å². The summed E-state index contributed by atoms with van der Waals surface area (Å²) in [6.07, 6.45) is 1.07. The smallest absolute Gasteiger partial charge is 0.164 e. The molecule has 0 heterocycles. The normalized spacial score (nSPS) is 12.5. The second-order valence-corrected chi connectivity index (χ2v) is 6.21. The second kappa shape index (κ2) is 6.95. The van der Waals surface area contributed by atoms with Crippen LogP contribution in [0.1, 0.15) is 37.9 Å². The molecule has 0 radical (unpaired) electrons. The third-order valence-electron chi connectivity index (χ3n) is 3.45. The summed E-state index contributed by atoms with van der Waals surface area (Å²) in [6.45, 7) is 6.43. The van der Waals surface area contributed by atoms with Crippen LogP contribution < -0.4 is 5.32 Å². The quantitative estimate of drug-likeness (QED) is 0.730. The van der Waals surface area contributed by atoms with Gasteiger partial charge < -0.3 is 5.32 Å². The van der Waals surface area contributed by atoms with Crippen molar-refractivity contribution in [3.63, 3.8) is 0 Å². The van der Waals surface area contributed by atoms with E-state index in [1.54, 1.807) is 18.2 Å². The zero-order valence-corrected chi connectivity index (χ0v) is 13.4. The Hall–Kier alpha value is -1.54. The maximum Gasteiger partial charge on any atom is 0.164 e. The molecule has 0 fully saturated rings. The molecule has 1 nitrogen and oxygen atoms in total. The monoisotopic (exact) mass is 305 g/mol. The van der Waals surface area contributed by atoms with Crippen LogP contribution in [0, 0.1) is 11.7 Å². The van der Waals surface area contributed by atoms with Crippen LogP contribution >= 0.6 is 11.6 Å². The first kappa shape index (κ1) is 15.8. The van der Waals surface area contributed by atoms with E-state index >= 15 is 0 Å². The maximum absolute atomic E-state index is 13.9. The van der Waals surface area contributed by atoms with Crippen LogP contribution in [0.3, 0.4) is 0 Å². The molecule has 1 unspecified atom stereocenters. The van der Waals surface area contributed by atoms with Crippen molar-refractivity contribution >= 4 is 17.3 Å². The van der Waals surface area contributed by atoms with Crippen LogP contribution in [0.4, 0.5) is 10.1 Å². The van der Waals surface area contributed by atoms with E-state index in [0.717, 1.165) is 12.0 Å². The predicted octanol–water partition coefficient (Wildman–Crippen LogP) is 5.85. The van der Waals surface area contributed by atoms with Gasteiger partial charge in [-0.3, -0.25) is 0 Å². The van der Waals surface area contributed by atoms with Crippen molar-refractivity contribution in [2.45, 2.75) is 33.2 Å². The van der Waals surface area contributed by atoms with Gasteiger partial charge in [0, 0.05) is 6.04 Å². The summed E-state index contributed by atoms with van der Waals surface area (Å²) >= 11 is 5.80. The van der Waals surface area contributed by atoms with Gasteiger partial charge in [-0.1, -0.05) is 55.8 Å². The van der Waals surface area contributed by atoms with Crippen molar-refractivity contribution in [1.29, 1.82) is 0 Å². The van der Waals surface area contributed by atoms with Crippen LogP contribution in [-0.2, 0) is 6.42 Å². The number of halogens is 2. The lowest BCUT2D eigenvalue weighted by molar-refractivity contribution is 0.628. The van der Waals surface area contributed by atoms with E-state index in [4.69, 9.17) is 11.6 Å². The average Bonchev–Trinajstić information content (AvgIpc) is 2.44. The minimum Gasteiger partial charge on any atom is -0.376 e. The van der Waals surface area contributed by atoms with E-state index in [1.807, 2.05) is 6.92 Å². The Bertz CT molecular complexity index is 593. The van der Waals surface area contributed by atoms with Crippen molar-refractivity contribution in [1.82, 2.24) is 0 Å². The number of benzene rings is 2. The van der Waals surface area contributed by atoms with Crippen molar-refractivity contribution in [2.75, 3.05) is 5.32 Å². The predicted molar refractivity (Wildman–Crippen MR) is 88.4 cm³/mol. The third-order valence-corrected chi connectivity index (χ3v) is 3.74. The van der Waals surface area contributed by atoms with E-state index in [0.29, 0.717) is 11.6 Å². The SMILES string of the molecule is CC(C)Cc1ccc(C(C)Nc2cccc(Cl)c2F)cc1. The van der Waals surface area contributed by atoms with Crippen LogP contribution in [0.25, 0.3) is 0 Å². The van der Waals surface area contributed by atoms with E-state index in [-0.39, 0.29) is 11.1 Å². The average molecular weight is 306 g/mol. The van der Waals surface area contributed by atoms with Gasteiger partial charge in [-0.15, -0.1) is 0 Å². The van der Waals surface area contributed by atoms with E-state index in [1.165, 1.54) is 5.56 Å². The Kier molecular flexibility index (Phi) is 5.24. The minimum absolute atomic E-state index is 0.0195. The Balaban J connectivity index is 2.09. The van der Waals surface area contributed by atoms with Gasteiger partial charge in [0.15, 0.2) is 5.82 Å². The lowest BCUT2D eigenvalue weighted by Crippen LogP contribution is -2.08. The van der Waals surface area contributed by atoms with Crippen molar-refractivity contribution in [3.8, 4) is 0 Å². The van der Waals surface area contributed by atoms with Gasteiger partial charge >= 0.3 is 0 Å². The number of nitrogens with one attached hydrogen (secondary N) is 1. The molecule has 0 saturated carbocycles. The minimum atomic E-state index is -0.401. The molecule has 0 spiro atoms. The molecular weight excluding hydrogens is 285 g/mol. The molecule has 112 valence electrons. The number of anilines is 1. The Morgan fingerprint density at radius 3 is 2.33 bits per heavy atom. The van der Waals surface area contributed by atoms with E-state index < -0.39 is 5.82 Å². The fourth-order valence-corrected chi connectivity index (χ4v) is 2.52. The highest BCUT2D eigenvalue weighted by Crippen LogP contribution is 2.26. The molecule has 0 aromatic heterocycles. The fourth-order valence-electron chi connectivity index (χ4n) is 2.35. The summed E-state index contributed by atoms with van der Waals surface area (Å²) in [5.74, 6) is 0.245. The summed E-state index contributed by atoms with van der Waals surface area (Å²) in [5, 5.41) is 3.31. The van der Waals surface area contributed by atoms with Gasteiger partial charge in [0.2, 0.25) is 0 Å². The van der Waals surface area contributed by atoms with E-state index in [9.17, 15) is 4.39 Å². The molecular formula is C18H21ClFN. The number of hydrogen-bond acceptors (Lipinski definition) is 1. The largest absolute Gasteiger partial charge is 0.376 e. The van der Waals surface area contributed by atoms with Gasteiger partial charge in [0.25, 0.3) is 0 Å². The van der Waals surface area contributed by atoms with E-state index in [2.05, 4.69) is 43.4 Å². The molecule has 0 aliphatic carbocycles. The summed E-state index contributed by atoms with van der Waals surface area (Å²) < 4.78 is 13.9. The van der Waals surface area contributed by atoms with Gasteiger partial charge in [0.05, 0.1) is 10.7 Å². The first-order valence-electron chi connectivity index (χ1n) is 7.26. The van der Waals surface area contributed by atoms with Crippen LogP contribution in [-0.4, -0.2) is 0 Å². The van der Waals surface area contributed by atoms with Gasteiger partial charge in [-0.2, -0.15) is 0 Å². The Morgan fingerprint density at radius 1 is 1.05 bits per heavy atom. The summed E-state index contributed by atoms with van der Waals surface area (Å²) in [6, 6.07) is 13.5. The van der Waals surface area contributed by atoms with Crippen LogP contribution in [0.2, 0.25) is 5.02 Å². The van der Waals surface area contributed by atoms with Crippen LogP contribution in [0.5, 0.6) is 0 Å². The molecule has 2 aromatic carbocycles. The summed E-state index contributed by atoms with van der Waals surface area (Å²) in [4.78, 5) is 0. The zero-order valence-electron chi connectivity index (χ0n) is 12.7. The lowest BCUT2D eigenvalue weighted by atomic mass is 10.00. The zero-order chi connectivity index (χ0) is 15.4. The molecule has 2 rings (SSSR count). The van der Waals surface area contributed by atoms with Crippen molar-refractivity contribution in [2.24, 2.45) is 5.92 Å². The molecule has 21 heavy (non-hydrogen) atoms. The fraction of sp³-hybridized carbons (Fsp3) is 0.333. The molecule has 2 aromatic rings. The first-order chi connectivity index (χ1) is 9.97. The molecule has 0 amide bonds.